The molecule has 0 aromatic heterocycles. The minimum atomic E-state index is -0.363. The van der Waals surface area contributed by atoms with Crippen molar-refractivity contribution in [2.24, 2.45) is 0 Å². The molecule has 3 rings (SSSR count). The Kier molecular flexibility index (Phi) is 3.21. The molecular weight excluding hydrogens is 238 g/mol. The molecule has 3 heteroatoms. The first-order valence-electron chi connectivity index (χ1n) is 7.21. The minimum Gasteiger partial charge on any atom is -0.442 e. The van der Waals surface area contributed by atoms with Crippen molar-refractivity contribution < 1.29 is 9.53 Å². The molecule has 19 heavy (non-hydrogen) atoms. The largest absolute Gasteiger partial charge is 0.442 e. The summed E-state index contributed by atoms with van der Waals surface area (Å²) in [6.45, 7) is 3.75. The number of benzene rings is 1. The molecule has 0 atom stereocenters. The number of ether oxygens (including phenoxy) is 1. The summed E-state index contributed by atoms with van der Waals surface area (Å²) in [4.78, 5) is 14.1. The van der Waals surface area contributed by atoms with Crippen LogP contribution in [-0.4, -0.2) is 29.7 Å². The van der Waals surface area contributed by atoms with Crippen LogP contribution in [0.3, 0.4) is 0 Å². The summed E-state index contributed by atoms with van der Waals surface area (Å²) in [6, 6.07) is 8.37. The van der Waals surface area contributed by atoms with E-state index < -0.39 is 0 Å². The first-order valence-corrected chi connectivity index (χ1v) is 7.21. The smallest absolute Gasteiger partial charge is 0.410 e. The quantitative estimate of drug-likeness (QED) is 0.775. The van der Waals surface area contributed by atoms with E-state index >= 15 is 0 Å². The van der Waals surface area contributed by atoms with Crippen molar-refractivity contribution in [1.82, 2.24) is 4.90 Å². The fourth-order valence-corrected chi connectivity index (χ4v) is 3.19. The molecule has 1 amide bonds. The molecule has 1 fully saturated rings. The Hall–Kier alpha value is -1.51. The standard InChI is InChI=1S/C16H21NO2/c1-16(11-13-7-3-4-8-14(13)12-16)19-15(18)17-9-5-2-6-10-17/h3-4,7-8H,2,5-6,9-12H2,1H3. The highest BCUT2D eigenvalue weighted by Crippen LogP contribution is 2.33. The van der Waals surface area contributed by atoms with Crippen LogP contribution in [-0.2, 0) is 17.6 Å². The lowest BCUT2D eigenvalue weighted by molar-refractivity contribution is 0.00564. The Morgan fingerprint density at radius 2 is 1.68 bits per heavy atom. The van der Waals surface area contributed by atoms with Crippen LogP contribution >= 0.6 is 0 Å². The van der Waals surface area contributed by atoms with E-state index in [0.717, 1.165) is 38.8 Å². The Labute approximate surface area is 114 Å². The summed E-state index contributed by atoms with van der Waals surface area (Å²) in [5, 5.41) is 0. The number of likely N-dealkylation sites (tertiary alicyclic amines) is 1. The average Bonchev–Trinajstić information content (AvgIpc) is 2.75. The van der Waals surface area contributed by atoms with Gasteiger partial charge in [-0.15, -0.1) is 0 Å². The summed E-state index contributed by atoms with van der Waals surface area (Å²) in [6.07, 6.45) is 4.98. The topological polar surface area (TPSA) is 29.5 Å². The lowest BCUT2D eigenvalue weighted by atomic mass is 10.0. The second-order valence-corrected chi connectivity index (χ2v) is 5.99. The molecule has 0 saturated carbocycles. The van der Waals surface area contributed by atoms with Gasteiger partial charge in [0.25, 0.3) is 0 Å². The summed E-state index contributed by atoms with van der Waals surface area (Å²) < 4.78 is 5.81. The highest BCUT2D eigenvalue weighted by Gasteiger charge is 2.37. The first-order chi connectivity index (χ1) is 9.16. The van der Waals surface area contributed by atoms with Crippen molar-refractivity contribution >= 4 is 6.09 Å². The lowest BCUT2D eigenvalue weighted by Crippen LogP contribution is -2.42. The number of hydrogen-bond donors (Lipinski definition) is 0. The molecule has 0 bridgehead atoms. The van der Waals surface area contributed by atoms with Crippen LogP contribution in [0.2, 0.25) is 0 Å². The van der Waals surface area contributed by atoms with Crippen molar-refractivity contribution in [3.05, 3.63) is 35.4 Å². The van der Waals surface area contributed by atoms with Gasteiger partial charge >= 0.3 is 6.09 Å². The van der Waals surface area contributed by atoms with Crippen molar-refractivity contribution in [2.75, 3.05) is 13.1 Å². The van der Waals surface area contributed by atoms with Crippen LogP contribution in [0.25, 0.3) is 0 Å². The molecule has 3 nitrogen and oxygen atoms in total. The van der Waals surface area contributed by atoms with Gasteiger partial charge in [0.15, 0.2) is 0 Å². The molecule has 102 valence electrons. The van der Waals surface area contributed by atoms with Gasteiger partial charge in [0, 0.05) is 25.9 Å². The molecule has 0 radical (unpaired) electrons. The first kappa shape index (κ1) is 12.5. The number of amides is 1. The molecule has 0 spiro atoms. The Balaban J connectivity index is 1.65. The number of piperidine rings is 1. The van der Waals surface area contributed by atoms with E-state index in [1.54, 1.807) is 0 Å². The van der Waals surface area contributed by atoms with E-state index in [0.29, 0.717) is 0 Å². The fourth-order valence-electron chi connectivity index (χ4n) is 3.19. The molecule has 1 aromatic rings. The third-order valence-corrected chi connectivity index (χ3v) is 4.20. The SMILES string of the molecule is CC1(OC(=O)N2CCCCC2)Cc2ccccc2C1. The van der Waals surface area contributed by atoms with E-state index in [2.05, 4.69) is 31.2 Å². The van der Waals surface area contributed by atoms with Gasteiger partial charge in [-0.2, -0.15) is 0 Å². The average molecular weight is 259 g/mol. The van der Waals surface area contributed by atoms with E-state index in [1.807, 2.05) is 4.90 Å². The summed E-state index contributed by atoms with van der Waals surface area (Å²) in [5.74, 6) is 0. The van der Waals surface area contributed by atoms with E-state index in [1.165, 1.54) is 17.5 Å². The van der Waals surface area contributed by atoms with Crippen LogP contribution < -0.4 is 0 Å². The Morgan fingerprint density at radius 3 is 2.26 bits per heavy atom. The molecule has 0 unspecified atom stereocenters. The van der Waals surface area contributed by atoms with Gasteiger partial charge in [-0.3, -0.25) is 0 Å². The van der Waals surface area contributed by atoms with E-state index in [-0.39, 0.29) is 11.7 Å². The third kappa shape index (κ3) is 2.60. The highest BCUT2D eigenvalue weighted by atomic mass is 16.6. The normalized spacial score (nSPS) is 21.0. The van der Waals surface area contributed by atoms with Crippen LogP contribution in [0.4, 0.5) is 4.79 Å². The van der Waals surface area contributed by atoms with Crippen LogP contribution in [0.1, 0.15) is 37.3 Å². The van der Waals surface area contributed by atoms with Crippen molar-refractivity contribution in [3.8, 4) is 0 Å². The minimum absolute atomic E-state index is 0.130. The summed E-state index contributed by atoms with van der Waals surface area (Å²) in [5.41, 5.74) is 2.27. The summed E-state index contributed by atoms with van der Waals surface area (Å²) >= 11 is 0. The van der Waals surface area contributed by atoms with Crippen molar-refractivity contribution in [3.63, 3.8) is 0 Å². The van der Waals surface area contributed by atoms with Crippen molar-refractivity contribution in [1.29, 1.82) is 0 Å². The van der Waals surface area contributed by atoms with Crippen LogP contribution in [0, 0.1) is 0 Å². The van der Waals surface area contributed by atoms with Gasteiger partial charge in [-0.1, -0.05) is 24.3 Å². The molecule has 1 saturated heterocycles. The van der Waals surface area contributed by atoms with Gasteiger partial charge < -0.3 is 9.64 Å². The predicted molar refractivity (Wildman–Crippen MR) is 74.2 cm³/mol. The van der Waals surface area contributed by atoms with Crippen LogP contribution in [0.15, 0.2) is 24.3 Å². The second kappa shape index (κ2) is 4.87. The Bertz CT molecular complexity index is 452. The number of hydrogen-bond acceptors (Lipinski definition) is 2. The van der Waals surface area contributed by atoms with Gasteiger partial charge in [0.05, 0.1) is 0 Å². The molecule has 1 aliphatic carbocycles. The maximum atomic E-state index is 12.2. The zero-order chi connectivity index (χ0) is 13.3. The zero-order valence-corrected chi connectivity index (χ0v) is 11.5. The maximum Gasteiger partial charge on any atom is 0.410 e. The van der Waals surface area contributed by atoms with Crippen LogP contribution in [0.5, 0.6) is 0 Å². The molecule has 0 N–H and O–H groups in total. The van der Waals surface area contributed by atoms with Gasteiger partial charge in [-0.25, -0.2) is 4.79 Å². The molecule has 2 aliphatic rings. The number of fused-ring (bicyclic) bond motifs is 1. The highest BCUT2D eigenvalue weighted by molar-refractivity contribution is 5.68. The Morgan fingerprint density at radius 1 is 1.11 bits per heavy atom. The molecule has 1 aliphatic heterocycles. The maximum absolute atomic E-state index is 12.2. The number of carbonyl (C=O) groups is 1. The lowest BCUT2D eigenvalue weighted by Gasteiger charge is -2.31. The predicted octanol–water partition coefficient (Wildman–Crippen LogP) is 3.17. The number of rotatable bonds is 1. The van der Waals surface area contributed by atoms with Gasteiger partial charge in [-0.05, 0) is 37.3 Å². The second-order valence-electron chi connectivity index (χ2n) is 5.99. The van der Waals surface area contributed by atoms with Gasteiger partial charge in [0.1, 0.15) is 5.60 Å². The van der Waals surface area contributed by atoms with Crippen molar-refractivity contribution in [2.45, 2.75) is 44.6 Å². The van der Waals surface area contributed by atoms with Gasteiger partial charge in [0.2, 0.25) is 0 Å². The molecule has 1 aromatic carbocycles. The monoisotopic (exact) mass is 259 g/mol. The fraction of sp³-hybridized carbons (Fsp3) is 0.562. The molecule has 1 heterocycles. The van der Waals surface area contributed by atoms with E-state index in [4.69, 9.17) is 4.74 Å². The zero-order valence-electron chi connectivity index (χ0n) is 11.5. The number of carbonyl (C=O) groups excluding carboxylic acids is 1. The summed E-state index contributed by atoms with van der Waals surface area (Å²) in [7, 11) is 0. The number of nitrogens with zero attached hydrogens (tertiary/aromatic N) is 1. The van der Waals surface area contributed by atoms with E-state index in [9.17, 15) is 4.79 Å². The third-order valence-electron chi connectivity index (χ3n) is 4.20. The molecular formula is C16H21NO2.